The number of hydrogen-bond acceptors (Lipinski definition) is 3. The highest BCUT2D eigenvalue weighted by atomic mass is 16.4. The highest BCUT2D eigenvalue weighted by Crippen LogP contribution is 2.26. The van der Waals surface area contributed by atoms with E-state index in [-0.39, 0.29) is 11.8 Å². The summed E-state index contributed by atoms with van der Waals surface area (Å²) in [6, 6.07) is 0. The Bertz CT molecular complexity index is 298. The topological polar surface area (TPSA) is 77.8 Å². The maximum atomic E-state index is 11.9. The normalized spacial score (nSPS) is 23.2. The van der Waals surface area contributed by atoms with Crippen molar-refractivity contribution in [3.05, 3.63) is 0 Å². The fourth-order valence-corrected chi connectivity index (χ4v) is 1.85. The standard InChI is InChI=1S/C11H19NO4/c1-7(13)8-4-5-12(6-8)9(14)11(2,3)10(15)16/h7-8,13H,4-6H2,1-3H3,(H,15,16). The number of amides is 1. The van der Waals surface area contributed by atoms with Crippen LogP contribution in [0.5, 0.6) is 0 Å². The first-order valence-electron chi connectivity index (χ1n) is 5.47. The molecule has 5 nitrogen and oxygen atoms in total. The van der Waals surface area contributed by atoms with Gasteiger partial charge in [0.05, 0.1) is 6.10 Å². The molecule has 0 aliphatic carbocycles. The molecule has 1 rings (SSSR count). The van der Waals surface area contributed by atoms with Gasteiger partial charge in [-0.2, -0.15) is 0 Å². The molecule has 0 bridgehead atoms. The van der Waals surface area contributed by atoms with Gasteiger partial charge in [0.2, 0.25) is 5.91 Å². The summed E-state index contributed by atoms with van der Waals surface area (Å²) in [4.78, 5) is 24.4. The molecule has 1 saturated heterocycles. The van der Waals surface area contributed by atoms with Gasteiger partial charge in [0.1, 0.15) is 5.41 Å². The molecule has 2 N–H and O–H groups in total. The van der Waals surface area contributed by atoms with Gasteiger partial charge in [-0.25, -0.2) is 0 Å². The largest absolute Gasteiger partial charge is 0.480 e. The zero-order valence-electron chi connectivity index (χ0n) is 9.93. The molecule has 92 valence electrons. The molecule has 0 spiro atoms. The number of hydrogen-bond donors (Lipinski definition) is 2. The molecular formula is C11H19NO4. The second-order valence-corrected chi connectivity index (χ2v) is 4.97. The third-order valence-electron chi connectivity index (χ3n) is 3.26. The third-order valence-corrected chi connectivity index (χ3v) is 3.26. The predicted octanol–water partition coefficient (Wildman–Crippen LogP) is 0.326. The summed E-state index contributed by atoms with van der Waals surface area (Å²) in [5.74, 6) is -1.42. The Hall–Kier alpha value is -1.10. The summed E-state index contributed by atoms with van der Waals surface area (Å²) in [6.45, 7) is 5.50. The number of aliphatic hydroxyl groups is 1. The van der Waals surface area contributed by atoms with Gasteiger partial charge >= 0.3 is 5.97 Å². The van der Waals surface area contributed by atoms with E-state index in [1.54, 1.807) is 6.92 Å². The number of carbonyl (C=O) groups excluding carboxylic acids is 1. The summed E-state index contributed by atoms with van der Waals surface area (Å²) in [5, 5.41) is 18.4. The van der Waals surface area contributed by atoms with E-state index < -0.39 is 17.5 Å². The highest BCUT2D eigenvalue weighted by Gasteiger charge is 2.41. The number of nitrogens with zero attached hydrogens (tertiary/aromatic N) is 1. The van der Waals surface area contributed by atoms with E-state index in [2.05, 4.69) is 0 Å². The first kappa shape index (κ1) is 13.0. The lowest BCUT2D eigenvalue weighted by Crippen LogP contribution is -2.44. The maximum absolute atomic E-state index is 11.9. The molecule has 0 aromatic carbocycles. The van der Waals surface area contributed by atoms with Gasteiger partial charge in [0.15, 0.2) is 0 Å². The predicted molar refractivity (Wildman–Crippen MR) is 57.8 cm³/mol. The average Bonchev–Trinajstić information content (AvgIpc) is 2.64. The molecule has 1 amide bonds. The van der Waals surface area contributed by atoms with Crippen molar-refractivity contribution in [3.63, 3.8) is 0 Å². The minimum atomic E-state index is -1.38. The zero-order chi connectivity index (χ0) is 12.5. The lowest BCUT2D eigenvalue weighted by molar-refractivity contribution is -0.157. The van der Waals surface area contributed by atoms with Crippen LogP contribution in [-0.2, 0) is 9.59 Å². The molecular weight excluding hydrogens is 210 g/mol. The summed E-state index contributed by atoms with van der Waals surface area (Å²) in [6.07, 6.45) is 0.282. The quantitative estimate of drug-likeness (QED) is 0.683. The molecule has 0 aromatic rings. The number of carboxylic acids is 1. The molecule has 16 heavy (non-hydrogen) atoms. The summed E-state index contributed by atoms with van der Waals surface area (Å²) in [7, 11) is 0. The van der Waals surface area contributed by atoms with Gasteiger partial charge < -0.3 is 15.1 Å². The van der Waals surface area contributed by atoms with E-state index in [1.807, 2.05) is 0 Å². The average molecular weight is 229 g/mol. The van der Waals surface area contributed by atoms with Crippen LogP contribution in [-0.4, -0.2) is 46.2 Å². The number of likely N-dealkylation sites (tertiary alicyclic amines) is 1. The first-order valence-corrected chi connectivity index (χ1v) is 5.47. The molecule has 1 aliphatic rings. The Labute approximate surface area is 95.1 Å². The van der Waals surface area contributed by atoms with E-state index in [0.29, 0.717) is 13.1 Å². The molecule has 1 aliphatic heterocycles. The smallest absolute Gasteiger partial charge is 0.318 e. The molecule has 2 atom stereocenters. The van der Waals surface area contributed by atoms with Crippen molar-refractivity contribution in [3.8, 4) is 0 Å². The lowest BCUT2D eigenvalue weighted by Gasteiger charge is -2.26. The molecule has 1 heterocycles. The Balaban J connectivity index is 2.68. The van der Waals surface area contributed by atoms with E-state index in [4.69, 9.17) is 5.11 Å². The van der Waals surface area contributed by atoms with Crippen LogP contribution in [0.3, 0.4) is 0 Å². The van der Waals surface area contributed by atoms with E-state index in [9.17, 15) is 14.7 Å². The van der Waals surface area contributed by atoms with Crippen molar-refractivity contribution in [2.45, 2.75) is 33.3 Å². The second kappa shape index (κ2) is 4.41. The number of rotatable bonds is 3. The molecule has 0 aromatic heterocycles. The molecule has 0 saturated carbocycles. The van der Waals surface area contributed by atoms with Gasteiger partial charge in [-0.3, -0.25) is 9.59 Å². The Kier molecular flexibility index (Phi) is 3.57. The minimum Gasteiger partial charge on any atom is -0.480 e. The lowest BCUT2D eigenvalue weighted by atomic mass is 9.92. The second-order valence-electron chi connectivity index (χ2n) is 4.97. The van der Waals surface area contributed by atoms with E-state index >= 15 is 0 Å². The minimum absolute atomic E-state index is 0.0635. The maximum Gasteiger partial charge on any atom is 0.318 e. The zero-order valence-corrected chi connectivity index (χ0v) is 9.93. The monoisotopic (exact) mass is 229 g/mol. The van der Waals surface area contributed by atoms with E-state index in [1.165, 1.54) is 18.7 Å². The van der Waals surface area contributed by atoms with Gasteiger partial charge in [-0.15, -0.1) is 0 Å². The van der Waals surface area contributed by atoms with Crippen LogP contribution >= 0.6 is 0 Å². The van der Waals surface area contributed by atoms with Gasteiger partial charge in [0, 0.05) is 19.0 Å². The van der Waals surface area contributed by atoms with Gasteiger partial charge in [-0.1, -0.05) is 0 Å². The number of carbonyl (C=O) groups is 2. The third kappa shape index (κ3) is 2.35. The van der Waals surface area contributed by atoms with E-state index in [0.717, 1.165) is 6.42 Å². The Morgan fingerprint density at radius 3 is 2.38 bits per heavy atom. The molecule has 0 radical (unpaired) electrons. The Morgan fingerprint density at radius 1 is 1.44 bits per heavy atom. The van der Waals surface area contributed by atoms with Crippen molar-refractivity contribution in [1.82, 2.24) is 4.90 Å². The van der Waals surface area contributed by atoms with Crippen molar-refractivity contribution < 1.29 is 19.8 Å². The number of aliphatic hydroxyl groups excluding tert-OH is 1. The van der Waals surface area contributed by atoms with Crippen molar-refractivity contribution in [2.24, 2.45) is 11.3 Å². The molecule has 1 fully saturated rings. The van der Waals surface area contributed by atoms with Gasteiger partial charge in [-0.05, 0) is 27.2 Å². The van der Waals surface area contributed by atoms with Crippen LogP contribution in [0.2, 0.25) is 0 Å². The van der Waals surface area contributed by atoms with Crippen LogP contribution in [0.1, 0.15) is 27.2 Å². The molecule has 5 heteroatoms. The highest BCUT2D eigenvalue weighted by molar-refractivity contribution is 6.01. The van der Waals surface area contributed by atoms with Crippen molar-refractivity contribution in [1.29, 1.82) is 0 Å². The van der Waals surface area contributed by atoms with Crippen LogP contribution < -0.4 is 0 Å². The van der Waals surface area contributed by atoms with Crippen LogP contribution in [0.15, 0.2) is 0 Å². The molecule has 2 unspecified atom stereocenters. The van der Waals surface area contributed by atoms with Crippen LogP contribution in [0.4, 0.5) is 0 Å². The summed E-state index contributed by atoms with van der Waals surface area (Å²) < 4.78 is 0. The van der Waals surface area contributed by atoms with Crippen LogP contribution in [0.25, 0.3) is 0 Å². The first-order chi connectivity index (χ1) is 7.26. The Morgan fingerprint density at radius 2 is 2.00 bits per heavy atom. The van der Waals surface area contributed by atoms with Crippen molar-refractivity contribution >= 4 is 11.9 Å². The van der Waals surface area contributed by atoms with Gasteiger partial charge in [0.25, 0.3) is 0 Å². The van der Waals surface area contributed by atoms with Crippen LogP contribution in [0, 0.1) is 11.3 Å². The fraction of sp³-hybridized carbons (Fsp3) is 0.818. The summed E-state index contributed by atoms with van der Waals surface area (Å²) in [5.41, 5.74) is -1.38. The number of carboxylic acid groups (broad SMARTS) is 1. The van der Waals surface area contributed by atoms with Crippen molar-refractivity contribution in [2.75, 3.05) is 13.1 Å². The summed E-state index contributed by atoms with van der Waals surface area (Å²) >= 11 is 0. The number of aliphatic carboxylic acids is 1. The fourth-order valence-electron chi connectivity index (χ4n) is 1.85. The SMILES string of the molecule is CC(O)C1CCN(C(=O)C(C)(C)C(=O)O)C1.